The number of carbonyl (C=O) groups is 4. The van der Waals surface area contributed by atoms with Crippen molar-refractivity contribution in [3.05, 3.63) is 0 Å². The second-order valence-electron chi connectivity index (χ2n) is 24.5. The lowest BCUT2D eigenvalue weighted by Crippen LogP contribution is -2.30. The number of phosphoric acid groups is 2. The molecule has 0 fully saturated rings. The number of hydrogen-bond acceptors (Lipinski definition) is 15. The largest absolute Gasteiger partial charge is 0.472 e. The minimum atomic E-state index is -4.94. The van der Waals surface area contributed by atoms with Gasteiger partial charge in [0.1, 0.15) is 19.3 Å². The summed E-state index contributed by atoms with van der Waals surface area (Å²) in [4.78, 5) is 72.1. The summed E-state index contributed by atoms with van der Waals surface area (Å²) >= 11 is 0. The average Bonchev–Trinajstić information content (AvgIpc) is 3.42. The van der Waals surface area contributed by atoms with Gasteiger partial charge in [-0.2, -0.15) is 0 Å². The van der Waals surface area contributed by atoms with Gasteiger partial charge in [0.2, 0.25) is 0 Å². The van der Waals surface area contributed by atoms with E-state index in [-0.39, 0.29) is 25.7 Å². The SMILES string of the molecule is CCC(C)CCCCCCCCCCC(=O)OC[C@H](COP(=O)(O)OCC(O)COP(=O)(O)OC[C@@H](COC(=O)CCCCCCCCCCC(C)C)OC(=O)CCCCCCCCCC(C)C)OC(=O)CCCCCCCCC(C)C. The van der Waals surface area contributed by atoms with Crippen molar-refractivity contribution < 1.29 is 80.2 Å². The van der Waals surface area contributed by atoms with Gasteiger partial charge < -0.3 is 33.8 Å². The van der Waals surface area contributed by atoms with Crippen molar-refractivity contribution in [2.45, 2.75) is 318 Å². The number of carbonyl (C=O) groups excluding carboxylic acids is 4. The smallest absolute Gasteiger partial charge is 0.462 e. The van der Waals surface area contributed by atoms with E-state index >= 15 is 0 Å². The van der Waals surface area contributed by atoms with Crippen molar-refractivity contribution in [3.63, 3.8) is 0 Å². The minimum Gasteiger partial charge on any atom is -0.462 e. The van der Waals surface area contributed by atoms with Crippen LogP contribution in [0, 0.1) is 23.7 Å². The molecule has 0 saturated carbocycles. The summed E-state index contributed by atoms with van der Waals surface area (Å²) < 4.78 is 67.9. The maximum atomic E-state index is 12.9. The molecule has 3 N–H and O–H groups in total. The maximum Gasteiger partial charge on any atom is 0.472 e. The van der Waals surface area contributed by atoms with E-state index in [0.717, 1.165) is 102 Å². The van der Waals surface area contributed by atoms with Crippen LogP contribution in [-0.2, 0) is 65.4 Å². The summed E-state index contributed by atoms with van der Waals surface area (Å²) in [5, 5.41) is 10.5. The Morgan fingerprint density at radius 2 is 0.585 bits per heavy atom. The summed E-state index contributed by atoms with van der Waals surface area (Å²) in [6.45, 7) is 13.9. The van der Waals surface area contributed by atoms with Gasteiger partial charge in [-0.3, -0.25) is 37.3 Å². The van der Waals surface area contributed by atoms with Gasteiger partial charge >= 0.3 is 39.5 Å². The summed E-state index contributed by atoms with van der Waals surface area (Å²) in [6, 6.07) is 0. The molecule has 82 heavy (non-hydrogen) atoms. The van der Waals surface area contributed by atoms with Crippen molar-refractivity contribution in [2.75, 3.05) is 39.6 Å². The molecule has 17 nitrogen and oxygen atoms in total. The second-order valence-corrected chi connectivity index (χ2v) is 27.4. The summed E-state index contributed by atoms with van der Waals surface area (Å²) in [5.41, 5.74) is 0. The van der Waals surface area contributed by atoms with Crippen molar-refractivity contribution in [3.8, 4) is 0 Å². The third-order valence-corrected chi connectivity index (χ3v) is 16.6. The van der Waals surface area contributed by atoms with Gasteiger partial charge in [0.05, 0.1) is 26.4 Å². The number of phosphoric ester groups is 2. The number of aliphatic hydroxyl groups excluding tert-OH is 1. The molecule has 4 unspecified atom stereocenters. The minimum absolute atomic E-state index is 0.101. The van der Waals surface area contributed by atoms with Gasteiger partial charge in [0.15, 0.2) is 12.2 Å². The highest BCUT2D eigenvalue weighted by Gasteiger charge is 2.30. The van der Waals surface area contributed by atoms with Crippen LogP contribution in [0.3, 0.4) is 0 Å². The lowest BCUT2D eigenvalue weighted by molar-refractivity contribution is -0.161. The first-order chi connectivity index (χ1) is 39.1. The topological polar surface area (TPSA) is 237 Å². The monoisotopic (exact) mass is 1210 g/mol. The van der Waals surface area contributed by atoms with Crippen LogP contribution in [-0.4, -0.2) is 96.7 Å². The van der Waals surface area contributed by atoms with Crippen molar-refractivity contribution in [1.82, 2.24) is 0 Å². The molecule has 0 aromatic rings. The zero-order valence-electron chi connectivity index (χ0n) is 53.1. The van der Waals surface area contributed by atoms with E-state index in [9.17, 15) is 43.2 Å². The lowest BCUT2D eigenvalue weighted by Gasteiger charge is -2.21. The highest BCUT2D eigenvalue weighted by Crippen LogP contribution is 2.45. The Morgan fingerprint density at radius 3 is 0.866 bits per heavy atom. The third kappa shape index (κ3) is 55.9. The molecular weight excluding hydrogens is 1090 g/mol. The molecule has 0 aromatic carbocycles. The fourth-order valence-corrected chi connectivity index (χ4v) is 10.8. The van der Waals surface area contributed by atoms with E-state index in [1.54, 1.807) is 0 Å². The van der Waals surface area contributed by atoms with E-state index in [1.807, 2.05) is 0 Å². The number of unbranched alkanes of at least 4 members (excludes halogenated alkanes) is 25. The Hall–Kier alpha value is -1.94. The second kappa shape index (κ2) is 53.3. The summed E-state index contributed by atoms with van der Waals surface area (Å²) in [5.74, 6) is 0.723. The van der Waals surface area contributed by atoms with Crippen LogP contribution in [0.25, 0.3) is 0 Å². The fourth-order valence-electron chi connectivity index (χ4n) is 9.22. The molecule has 486 valence electrons. The lowest BCUT2D eigenvalue weighted by atomic mass is 9.99. The number of hydrogen-bond donors (Lipinski definition) is 3. The van der Waals surface area contributed by atoms with E-state index in [0.29, 0.717) is 37.5 Å². The van der Waals surface area contributed by atoms with Gasteiger partial charge in [-0.1, -0.05) is 248 Å². The number of rotatable bonds is 60. The molecule has 6 atom stereocenters. The quantitative estimate of drug-likeness (QED) is 0.0222. The molecule has 0 bridgehead atoms. The molecule has 0 rings (SSSR count). The molecule has 19 heteroatoms. The Balaban J connectivity index is 5.24. The van der Waals surface area contributed by atoms with Gasteiger partial charge in [-0.15, -0.1) is 0 Å². The van der Waals surface area contributed by atoms with Gasteiger partial charge in [-0.05, 0) is 49.4 Å². The van der Waals surface area contributed by atoms with Crippen LogP contribution in [0.2, 0.25) is 0 Å². The first-order valence-corrected chi connectivity index (χ1v) is 35.7. The van der Waals surface area contributed by atoms with Crippen LogP contribution in [0.1, 0.15) is 299 Å². The molecule has 0 aromatic heterocycles. The Bertz CT molecular complexity index is 1650. The molecule has 0 aliphatic heterocycles. The molecule has 0 aliphatic rings. The average molecular weight is 1210 g/mol. The van der Waals surface area contributed by atoms with Crippen molar-refractivity contribution >= 4 is 39.5 Å². The van der Waals surface area contributed by atoms with Crippen LogP contribution < -0.4 is 0 Å². The van der Waals surface area contributed by atoms with E-state index in [1.165, 1.54) is 103 Å². The van der Waals surface area contributed by atoms with Crippen LogP contribution in [0.4, 0.5) is 0 Å². The van der Waals surface area contributed by atoms with Gasteiger partial charge in [0, 0.05) is 25.7 Å². The predicted octanol–water partition coefficient (Wildman–Crippen LogP) is 17.0. The van der Waals surface area contributed by atoms with Gasteiger partial charge in [-0.25, -0.2) is 9.13 Å². The zero-order valence-corrected chi connectivity index (χ0v) is 54.9. The number of ether oxygens (including phenoxy) is 4. The van der Waals surface area contributed by atoms with Gasteiger partial charge in [0.25, 0.3) is 0 Å². The van der Waals surface area contributed by atoms with Crippen LogP contribution in [0.5, 0.6) is 0 Å². The zero-order chi connectivity index (χ0) is 61.1. The first-order valence-electron chi connectivity index (χ1n) is 32.7. The van der Waals surface area contributed by atoms with E-state index in [2.05, 4.69) is 55.4 Å². The standard InChI is InChI=1S/C63H122O17P2/c1-9-56(8)42-34-26-17-11-13-19-28-36-44-61(66)74-50-59(80-63(68)46-38-30-22-21-25-33-41-55(6)7)52-78-82(71,72)76-48-57(64)47-75-81(69,70)77-51-58(79-62(67)45-37-29-20-14-16-24-32-40-54(4)5)49-73-60(65)43-35-27-18-12-10-15-23-31-39-53(2)3/h53-59,64H,9-52H2,1-8H3,(H,69,70)(H,71,72)/t56?,57?,58-,59-/m1/s1. The molecule has 0 saturated heterocycles. The molecular formula is C63H122O17P2. The highest BCUT2D eigenvalue weighted by molar-refractivity contribution is 7.47. The maximum absolute atomic E-state index is 12.9. The first kappa shape index (κ1) is 80.1. The highest BCUT2D eigenvalue weighted by atomic mass is 31.2. The third-order valence-electron chi connectivity index (χ3n) is 14.7. The molecule has 0 spiro atoms. The summed E-state index contributed by atoms with van der Waals surface area (Å²) in [6.07, 6.45) is 32.3. The van der Waals surface area contributed by atoms with Crippen molar-refractivity contribution in [2.24, 2.45) is 23.7 Å². The van der Waals surface area contributed by atoms with E-state index < -0.39 is 97.5 Å². The summed E-state index contributed by atoms with van der Waals surface area (Å²) in [7, 11) is -9.89. The normalized spacial score (nSPS) is 14.8. The Kier molecular flexibility index (Phi) is 52.0. The number of aliphatic hydroxyl groups is 1. The fraction of sp³-hybridized carbons (Fsp3) is 0.937. The van der Waals surface area contributed by atoms with Crippen LogP contribution >= 0.6 is 15.6 Å². The van der Waals surface area contributed by atoms with Crippen LogP contribution in [0.15, 0.2) is 0 Å². The molecule has 0 aliphatic carbocycles. The molecule has 0 radical (unpaired) electrons. The Morgan fingerprint density at radius 1 is 0.341 bits per heavy atom. The Labute approximate surface area is 498 Å². The van der Waals surface area contributed by atoms with Crippen molar-refractivity contribution in [1.29, 1.82) is 0 Å². The molecule has 0 amide bonds. The molecule has 0 heterocycles. The van der Waals surface area contributed by atoms with E-state index in [4.69, 9.17) is 37.0 Å². The predicted molar refractivity (Wildman–Crippen MR) is 326 cm³/mol. The number of esters is 4.